The number of imide groups is 1. The molecule has 3 unspecified atom stereocenters. The number of hydrogen-bond donors (Lipinski definition) is 1. The number of rotatable bonds is 9. The van der Waals surface area contributed by atoms with Gasteiger partial charge in [-0.15, -0.1) is 6.58 Å². The van der Waals surface area contributed by atoms with E-state index in [1.54, 1.807) is 37.5 Å². The average Bonchev–Trinajstić information content (AvgIpc) is 2.83. The number of carbonyl (C=O) groups is 3. The van der Waals surface area contributed by atoms with Crippen molar-refractivity contribution in [2.75, 3.05) is 7.11 Å². The predicted molar refractivity (Wildman–Crippen MR) is 120 cm³/mol. The summed E-state index contributed by atoms with van der Waals surface area (Å²) in [6, 6.07) is 14.7. The topological polar surface area (TPSA) is 84.9 Å². The van der Waals surface area contributed by atoms with Gasteiger partial charge in [0.2, 0.25) is 5.91 Å². The van der Waals surface area contributed by atoms with Crippen molar-refractivity contribution in [3.63, 3.8) is 0 Å². The molecule has 0 radical (unpaired) electrons. The van der Waals surface area contributed by atoms with Crippen molar-refractivity contribution >= 4 is 17.9 Å². The maximum absolute atomic E-state index is 12.9. The summed E-state index contributed by atoms with van der Waals surface area (Å²) in [6.45, 7) is 5.63. The Balaban J connectivity index is 1.69. The van der Waals surface area contributed by atoms with Crippen LogP contribution in [-0.2, 0) is 20.9 Å². The Hall–Kier alpha value is -3.61. The quantitative estimate of drug-likeness (QED) is 0.365. The molecule has 0 aliphatic carbocycles. The molecule has 2 aromatic carbocycles. The van der Waals surface area contributed by atoms with Gasteiger partial charge in [0.15, 0.2) is 6.04 Å². The van der Waals surface area contributed by atoms with E-state index in [4.69, 9.17) is 9.47 Å². The molecule has 168 valence electrons. The molecule has 1 aliphatic heterocycles. The molecule has 7 heteroatoms. The van der Waals surface area contributed by atoms with Crippen LogP contribution in [0, 0.1) is 5.92 Å². The van der Waals surface area contributed by atoms with Crippen LogP contribution in [0.5, 0.6) is 5.75 Å². The van der Waals surface area contributed by atoms with Crippen LogP contribution < -0.4 is 10.1 Å². The zero-order valence-electron chi connectivity index (χ0n) is 18.3. The Bertz CT molecular complexity index is 958. The Kier molecular flexibility index (Phi) is 7.65. The zero-order valence-corrected chi connectivity index (χ0v) is 18.3. The average molecular weight is 437 g/mol. The second-order valence-corrected chi connectivity index (χ2v) is 7.56. The van der Waals surface area contributed by atoms with E-state index >= 15 is 0 Å². The number of β-lactam (4-membered cyclic amide) rings is 1. The molecule has 0 bridgehead atoms. The van der Waals surface area contributed by atoms with Crippen molar-refractivity contribution in [2.45, 2.75) is 38.5 Å². The van der Waals surface area contributed by atoms with Gasteiger partial charge in [0.05, 0.1) is 19.1 Å². The molecule has 1 aliphatic rings. The fourth-order valence-electron chi connectivity index (χ4n) is 3.74. The molecular weight excluding hydrogens is 408 g/mol. The highest BCUT2D eigenvalue weighted by Crippen LogP contribution is 2.32. The number of amides is 3. The number of likely N-dealkylation sites (tertiary alicyclic amines) is 1. The van der Waals surface area contributed by atoms with Gasteiger partial charge < -0.3 is 14.8 Å². The maximum Gasteiger partial charge on any atom is 0.330 e. The first kappa shape index (κ1) is 23.1. The smallest absolute Gasteiger partial charge is 0.330 e. The van der Waals surface area contributed by atoms with Crippen LogP contribution in [0.3, 0.4) is 0 Å². The zero-order chi connectivity index (χ0) is 23.1. The molecule has 1 N–H and O–H groups in total. The Labute approximate surface area is 188 Å². The molecule has 1 heterocycles. The molecular formula is C25H28N2O5. The molecule has 32 heavy (non-hydrogen) atoms. The first-order valence-electron chi connectivity index (χ1n) is 10.6. The molecule has 3 rings (SSSR count). The maximum atomic E-state index is 12.9. The van der Waals surface area contributed by atoms with Gasteiger partial charge in [-0.3, -0.25) is 4.79 Å². The SMILES string of the molecule is C=CCC1C(=O)N(C(=O)NC(CC)c2ccccc2)C1C(=O)OCc1ccc(OC)cc1. The molecule has 1 fully saturated rings. The van der Waals surface area contributed by atoms with Gasteiger partial charge in [0, 0.05) is 0 Å². The predicted octanol–water partition coefficient (Wildman–Crippen LogP) is 4.00. The van der Waals surface area contributed by atoms with E-state index < -0.39 is 29.9 Å². The van der Waals surface area contributed by atoms with E-state index in [2.05, 4.69) is 11.9 Å². The largest absolute Gasteiger partial charge is 0.497 e. The number of nitrogens with one attached hydrogen (secondary N) is 1. The third kappa shape index (κ3) is 4.99. The van der Waals surface area contributed by atoms with Crippen LogP contribution in [0.1, 0.15) is 36.9 Å². The minimum atomic E-state index is -0.980. The number of hydrogen-bond acceptors (Lipinski definition) is 5. The van der Waals surface area contributed by atoms with Crippen LogP contribution in [0.2, 0.25) is 0 Å². The number of esters is 1. The number of allylic oxidation sites excluding steroid dienone is 1. The van der Waals surface area contributed by atoms with Crippen LogP contribution in [0.25, 0.3) is 0 Å². The molecule has 3 atom stereocenters. The van der Waals surface area contributed by atoms with Crippen molar-refractivity contribution < 1.29 is 23.9 Å². The van der Waals surface area contributed by atoms with Gasteiger partial charge >= 0.3 is 12.0 Å². The number of nitrogens with zero attached hydrogens (tertiary/aromatic N) is 1. The summed E-state index contributed by atoms with van der Waals surface area (Å²) in [6.07, 6.45) is 2.50. The van der Waals surface area contributed by atoms with Gasteiger partial charge in [0.25, 0.3) is 0 Å². The summed E-state index contributed by atoms with van der Waals surface area (Å²) >= 11 is 0. The van der Waals surface area contributed by atoms with E-state index in [-0.39, 0.29) is 12.6 Å². The highest BCUT2D eigenvalue weighted by Gasteiger charge is 2.55. The molecule has 2 aromatic rings. The lowest BCUT2D eigenvalue weighted by molar-refractivity contribution is -0.170. The molecule has 0 saturated carbocycles. The summed E-state index contributed by atoms with van der Waals surface area (Å²) in [5.74, 6) is -0.979. The molecule has 7 nitrogen and oxygen atoms in total. The number of methoxy groups -OCH3 is 1. The Morgan fingerprint density at radius 2 is 1.84 bits per heavy atom. The number of carbonyl (C=O) groups excluding carboxylic acids is 3. The Morgan fingerprint density at radius 3 is 2.44 bits per heavy atom. The van der Waals surface area contributed by atoms with Gasteiger partial charge in [-0.05, 0) is 36.1 Å². The van der Waals surface area contributed by atoms with Crippen molar-refractivity contribution in [3.8, 4) is 5.75 Å². The van der Waals surface area contributed by atoms with Crippen molar-refractivity contribution in [1.29, 1.82) is 0 Å². The monoisotopic (exact) mass is 436 g/mol. The van der Waals surface area contributed by atoms with E-state index in [1.165, 1.54) is 0 Å². The second kappa shape index (κ2) is 10.6. The van der Waals surface area contributed by atoms with Crippen LogP contribution >= 0.6 is 0 Å². The third-order valence-electron chi connectivity index (χ3n) is 5.54. The first-order valence-corrected chi connectivity index (χ1v) is 10.6. The van der Waals surface area contributed by atoms with E-state index in [0.717, 1.165) is 16.0 Å². The van der Waals surface area contributed by atoms with Gasteiger partial charge in [-0.25, -0.2) is 14.5 Å². The lowest BCUT2D eigenvalue weighted by Crippen LogP contribution is -2.68. The summed E-state index contributed by atoms with van der Waals surface area (Å²) in [7, 11) is 1.57. The second-order valence-electron chi connectivity index (χ2n) is 7.56. The molecule has 0 spiro atoms. The molecule has 3 amide bonds. The first-order chi connectivity index (χ1) is 15.5. The standard InChI is InChI=1S/C25H28N2O5/c1-4-9-20-22(24(29)32-16-17-12-14-19(31-3)15-13-17)27(23(20)28)25(30)26-21(5-2)18-10-7-6-8-11-18/h4,6-8,10-15,20-22H,1,5,9,16H2,2-3H3,(H,26,30). The highest BCUT2D eigenvalue weighted by molar-refractivity contribution is 6.08. The molecule has 0 aromatic heterocycles. The highest BCUT2D eigenvalue weighted by atomic mass is 16.5. The minimum Gasteiger partial charge on any atom is -0.497 e. The van der Waals surface area contributed by atoms with Gasteiger partial charge in [-0.1, -0.05) is 55.5 Å². The van der Waals surface area contributed by atoms with E-state index in [9.17, 15) is 14.4 Å². The lowest BCUT2D eigenvalue weighted by Gasteiger charge is -2.43. The summed E-state index contributed by atoms with van der Waals surface area (Å²) in [5.41, 5.74) is 1.70. The Morgan fingerprint density at radius 1 is 1.16 bits per heavy atom. The normalized spacial score (nSPS) is 18.3. The van der Waals surface area contributed by atoms with Gasteiger partial charge in [-0.2, -0.15) is 0 Å². The lowest BCUT2D eigenvalue weighted by atomic mass is 9.85. The van der Waals surface area contributed by atoms with Crippen molar-refractivity contribution in [3.05, 3.63) is 78.4 Å². The molecule has 1 saturated heterocycles. The van der Waals surface area contributed by atoms with E-state index in [0.29, 0.717) is 18.6 Å². The van der Waals surface area contributed by atoms with Crippen molar-refractivity contribution in [2.24, 2.45) is 5.92 Å². The van der Waals surface area contributed by atoms with Crippen molar-refractivity contribution in [1.82, 2.24) is 10.2 Å². The van der Waals surface area contributed by atoms with Gasteiger partial charge in [0.1, 0.15) is 12.4 Å². The van der Waals surface area contributed by atoms with Crippen LogP contribution in [0.4, 0.5) is 4.79 Å². The minimum absolute atomic E-state index is 0.0331. The fraction of sp³-hybridized carbons (Fsp3) is 0.320. The van der Waals surface area contributed by atoms with Crippen LogP contribution in [0.15, 0.2) is 67.3 Å². The van der Waals surface area contributed by atoms with E-state index in [1.807, 2.05) is 37.3 Å². The summed E-state index contributed by atoms with van der Waals surface area (Å²) in [5, 5.41) is 2.87. The number of urea groups is 1. The third-order valence-corrected chi connectivity index (χ3v) is 5.54. The summed E-state index contributed by atoms with van der Waals surface area (Å²) in [4.78, 5) is 39.4. The number of benzene rings is 2. The summed E-state index contributed by atoms with van der Waals surface area (Å²) < 4.78 is 10.6. The van der Waals surface area contributed by atoms with Crippen LogP contribution in [-0.4, -0.2) is 36.0 Å². The number of ether oxygens (including phenoxy) is 2. The fourth-order valence-corrected chi connectivity index (χ4v) is 3.74.